The summed E-state index contributed by atoms with van der Waals surface area (Å²) in [7, 11) is 1.67. The van der Waals surface area contributed by atoms with E-state index in [9.17, 15) is 9.90 Å². The first-order valence-electron chi connectivity index (χ1n) is 10.0. The van der Waals surface area contributed by atoms with Crippen LogP contribution in [0.3, 0.4) is 0 Å². The Bertz CT molecular complexity index is 1120. The number of nitrogens with one attached hydrogen (secondary N) is 1. The lowest BCUT2D eigenvalue weighted by molar-refractivity contribution is -0.144. The van der Waals surface area contributed by atoms with Crippen LogP contribution in [-0.4, -0.2) is 62.7 Å². The van der Waals surface area contributed by atoms with Crippen molar-refractivity contribution in [1.29, 1.82) is 0 Å². The number of likely N-dealkylation sites (tertiary alicyclic amines) is 1. The summed E-state index contributed by atoms with van der Waals surface area (Å²) in [6, 6.07) is 5.58. The van der Waals surface area contributed by atoms with Crippen molar-refractivity contribution < 1.29 is 14.4 Å². The van der Waals surface area contributed by atoms with Crippen LogP contribution in [0, 0.1) is 0 Å². The van der Waals surface area contributed by atoms with Crippen molar-refractivity contribution in [2.24, 2.45) is 0 Å². The topological polar surface area (TPSA) is 143 Å². The number of carbonyl (C=O) groups is 1. The zero-order valence-electron chi connectivity index (χ0n) is 16.6. The first-order chi connectivity index (χ1) is 14.5. The molecule has 3 aromatic heterocycles. The number of rotatable bonds is 3. The molecule has 2 aliphatic rings. The van der Waals surface area contributed by atoms with Gasteiger partial charge in [0.1, 0.15) is 5.52 Å². The number of nitrogens with zero attached hydrogens (tertiary/aromatic N) is 5. The highest BCUT2D eigenvalue weighted by molar-refractivity contribution is 5.87. The third-order valence-electron chi connectivity index (χ3n) is 6.17. The van der Waals surface area contributed by atoms with Crippen molar-refractivity contribution in [2.75, 3.05) is 32.4 Å². The molecule has 2 saturated heterocycles. The van der Waals surface area contributed by atoms with Crippen LogP contribution in [0.1, 0.15) is 41.8 Å². The molecule has 4 N–H and O–H groups in total. The van der Waals surface area contributed by atoms with Crippen LogP contribution in [0.25, 0.3) is 11.0 Å². The van der Waals surface area contributed by atoms with Gasteiger partial charge in [0, 0.05) is 50.2 Å². The van der Waals surface area contributed by atoms with Crippen LogP contribution in [0.4, 0.5) is 5.95 Å². The smallest absolute Gasteiger partial charge is 0.262 e. The lowest BCUT2D eigenvalue weighted by atomic mass is 9.81. The molecular weight excluding hydrogens is 386 g/mol. The first kappa shape index (κ1) is 18.9. The van der Waals surface area contributed by atoms with Gasteiger partial charge < -0.3 is 25.6 Å². The maximum Gasteiger partial charge on any atom is 0.262 e. The predicted molar refractivity (Wildman–Crippen MR) is 107 cm³/mol. The number of amides is 1. The summed E-state index contributed by atoms with van der Waals surface area (Å²) >= 11 is 0. The van der Waals surface area contributed by atoms with E-state index in [2.05, 4.69) is 20.4 Å². The van der Waals surface area contributed by atoms with Crippen LogP contribution in [0.5, 0.6) is 0 Å². The van der Waals surface area contributed by atoms with Gasteiger partial charge in [0.25, 0.3) is 5.91 Å². The van der Waals surface area contributed by atoms with Crippen molar-refractivity contribution in [1.82, 2.24) is 30.3 Å². The fraction of sp³-hybridized carbons (Fsp3) is 0.450. The van der Waals surface area contributed by atoms with Crippen molar-refractivity contribution >= 4 is 22.9 Å². The number of aliphatic hydroxyl groups is 1. The average molecular weight is 409 g/mol. The number of fused-ring (bicyclic) bond motifs is 1. The van der Waals surface area contributed by atoms with Crippen molar-refractivity contribution in [3.8, 4) is 0 Å². The molecule has 3 unspecified atom stereocenters. The van der Waals surface area contributed by atoms with E-state index in [0.29, 0.717) is 36.2 Å². The van der Waals surface area contributed by atoms with Crippen molar-refractivity contribution in [2.45, 2.75) is 30.3 Å². The second-order valence-electron chi connectivity index (χ2n) is 8.03. The molecule has 0 bridgehead atoms. The fourth-order valence-electron chi connectivity index (χ4n) is 4.42. The van der Waals surface area contributed by atoms with Gasteiger partial charge in [-0.1, -0.05) is 5.16 Å². The average Bonchev–Trinajstić information content (AvgIpc) is 3.36. The maximum atomic E-state index is 12.4. The maximum absolute atomic E-state index is 12.4. The Balaban J connectivity index is 1.47. The van der Waals surface area contributed by atoms with Gasteiger partial charge in [0.05, 0.1) is 17.4 Å². The molecule has 0 aromatic carbocycles. The van der Waals surface area contributed by atoms with E-state index in [1.807, 2.05) is 12.1 Å². The fourth-order valence-corrected chi connectivity index (χ4v) is 4.42. The highest BCUT2D eigenvalue weighted by atomic mass is 16.5. The van der Waals surface area contributed by atoms with E-state index in [-0.39, 0.29) is 29.5 Å². The highest BCUT2D eigenvalue weighted by Crippen LogP contribution is 2.39. The summed E-state index contributed by atoms with van der Waals surface area (Å²) in [4.78, 5) is 26.9. The Labute approximate surface area is 172 Å². The van der Waals surface area contributed by atoms with Gasteiger partial charge in [0.2, 0.25) is 11.5 Å². The number of hydrogen-bond acceptors (Lipinski definition) is 9. The number of likely N-dealkylation sites (N-methyl/N-ethyl adjacent to an activating group) is 1. The van der Waals surface area contributed by atoms with Gasteiger partial charge >= 0.3 is 0 Å². The van der Waals surface area contributed by atoms with Crippen LogP contribution >= 0.6 is 0 Å². The number of pyridine rings is 1. The van der Waals surface area contributed by atoms with Gasteiger partial charge in [-0.2, -0.15) is 0 Å². The van der Waals surface area contributed by atoms with Gasteiger partial charge in [0.15, 0.2) is 5.76 Å². The molecule has 30 heavy (non-hydrogen) atoms. The van der Waals surface area contributed by atoms with Crippen LogP contribution in [0.15, 0.2) is 28.9 Å². The zero-order chi connectivity index (χ0) is 20.9. The Kier molecular flexibility index (Phi) is 4.40. The Morgan fingerprint density at radius 3 is 2.93 bits per heavy atom. The standard InChI is InChI=1S/C20H23N7O3/c1-27-7-5-20(29,18(27)28)17-8-15(26-30-17)12-9-22-6-4-11(12)13-2-3-14-16(24-13)10-23-19(21)25-14/h2-3,8,10-12,22,29H,4-7,9H2,1H3,(H2,21,23,25). The molecule has 1 amide bonds. The van der Waals surface area contributed by atoms with Crippen LogP contribution in [-0.2, 0) is 10.4 Å². The summed E-state index contributed by atoms with van der Waals surface area (Å²) in [6.45, 7) is 2.03. The molecule has 0 radical (unpaired) electrons. The van der Waals surface area contributed by atoms with E-state index in [1.165, 1.54) is 4.90 Å². The number of hydrogen-bond donors (Lipinski definition) is 3. The van der Waals surface area contributed by atoms with Crippen LogP contribution < -0.4 is 11.1 Å². The number of nitrogen functional groups attached to an aromatic ring is 1. The van der Waals surface area contributed by atoms with Crippen molar-refractivity contribution in [3.63, 3.8) is 0 Å². The molecule has 5 heterocycles. The summed E-state index contributed by atoms with van der Waals surface area (Å²) in [6.07, 6.45) is 2.79. The number of carbonyl (C=O) groups excluding carboxylic acids is 1. The lowest BCUT2D eigenvalue weighted by Crippen LogP contribution is -2.36. The van der Waals surface area contributed by atoms with E-state index < -0.39 is 5.60 Å². The van der Waals surface area contributed by atoms with Gasteiger partial charge in [-0.15, -0.1) is 0 Å². The number of aromatic nitrogens is 4. The summed E-state index contributed by atoms with van der Waals surface area (Å²) in [5.41, 5.74) is 7.03. The number of anilines is 1. The Morgan fingerprint density at radius 2 is 2.13 bits per heavy atom. The van der Waals surface area contributed by atoms with Gasteiger partial charge in [-0.25, -0.2) is 15.0 Å². The SMILES string of the molecule is CN1CCC(O)(c2cc(C3CNCCC3c3ccc4nc(N)ncc4n3)no2)C1=O. The second kappa shape index (κ2) is 6.99. The quantitative estimate of drug-likeness (QED) is 0.563. The minimum atomic E-state index is -1.64. The summed E-state index contributed by atoms with van der Waals surface area (Å²) in [5, 5.41) is 18.5. The molecule has 0 saturated carbocycles. The largest absolute Gasteiger partial charge is 0.373 e. The normalized spacial score (nSPS) is 27.1. The van der Waals surface area contributed by atoms with E-state index >= 15 is 0 Å². The molecular formula is C20H23N7O3. The summed E-state index contributed by atoms with van der Waals surface area (Å²) in [5.74, 6) is 0.152. The van der Waals surface area contributed by atoms with E-state index in [1.54, 1.807) is 19.3 Å². The molecule has 3 atom stereocenters. The molecule has 3 aromatic rings. The Morgan fingerprint density at radius 1 is 1.27 bits per heavy atom. The zero-order valence-corrected chi connectivity index (χ0v) is 16.6. The molecule has 10 heteroatoms. The lowest BCUT2D eigenvalue weighted by Gasteiger charge is -2.30. The molecule has 5 rings (SSSR count). The first-order valence-corrected chi connectivity index (χ1v) is 10.0. The predicted octanol–water partition coefficient (Wildman–Crippen LogP) is 0.505. The molecule has 2 aliphatic heterocycles. The van der Waals surface area contributed by atoms with Gasteiger partial charge in [-0.3, -0.25) is 4.79 Å². The summed E-state index contributed by atoms with van der Waals surface area (Å²) < 4.78 is 5.46. The minimum Gasteiger partial charge on any atom is -0.373 e. The second-order valence-corrected chi connectivity index (χ2v) is 8.03. The van der Waals surface area contributed by atoms with E-state index in [0.717, 1.165) is 18.7 Å². The molecule has 0 spiro atoms. The molecule has 0 aliphatic carbocycles. The monoisotopic (exact) mass is 409 g/mol. The number of nitrogens with two attached hydrogens (primary N) is 1. The third-order valence-corrected chi connectivity index (χ3v) is 6.17. The molecule has 2 fully saturated rings. The highest BCUT2D eigenvalue weighted by Gasteiger charge is 2.49. The van der Waals surface area contributed by atoms with Crippen LogP contribution in [0.2, 0.25) is 0 Å². The van der Waals surface area contributed by atoms with Crippen molar-refractivity contribution in [3.05, 3.63) is 41.5 Å². The Hall–Kier alpha value is -3.11. The third kappa shape index (κ3) is 2.99. The number of piperidine rings is 1. The van der Waals surface area contributed by atoms with Gasteiger partial charge in [-0.05, 0) is 25.1 Å². The molecule has 10 nitrogen and oxygen atoms in total. The van der Waals surface area contributed by atoms with E-state index in [4.69, 9.17) is 15.2 Å². The minimum absolute atomic E-state index is 0.00580. The molecule has 156 valence electrons.